The van der Waals surface area contributed by atoms with Gasteiger partial charge in [0.1, 0.15) is 17.9 Å². The maximum atomic E-state index is 11.8. The zero-order chi connectivity index (χ0) is 22.6. The highest BCUT2D eigenvalue weighted by atomic mass is 79.9. The summed E-state index contributed by atoms with van der Waals surface area (Å²) >= 11 is 3.46. The molecule has 0 amide bonds. The third-order valence-electron chi connectivity index (χ3n) is 4.32. The highest BCUT2D eigenvalue weighted by molar-refractivity contribution is 9.11. The van der Waals surface area contributed by atoms with E-state index in [0.29, 0.717) is 17.9 Å². The van der Waals surface area contributed by atoms with Gasteiger partial charge in [0.05, 0.1) is 18.5 Å². The van der Waals surface area contributed by atoms with Crippen LogP contribution >= 0.6 is 15.9 Å². The van der Waals surface area contributed by atoms with E-state index in [4.69, 9.17) is 9.47 Å². The van der Waals surface area contributed by atoms with Crippen molar-refractivity contribution in [1.82, 2.24) is 0 Å². The lowest BCUT2D eigenvalue weighted by Gasteiger charge is -2.21. The summed E-state index contributed by atoms with van der Waals surface area (Å²) < 4.78 is 11.5. The first kappa shape index (κ1) is 24.2. The molecular weight excluding hydrogens is 456 g/mol. The van der Waals surface area contributed by atoms with Crippen molar-refractivity contribution in [3.05, 3.63) is 89.0 Å². The highest BCUT2D eigenvalue weighted by Crippen LogP contribution is 2.28. The number of para-hydroxylation sites is 3. The molecule has 0 aliphatic carbocycles. The highest BCUT2D eigenvalue weighted by Gasteiger charge is 2.11. The number of halogens is 1. The van der Waals surface area contributed by atoms with Crippen molar-refractivity contribution in [3.63, 3.8) is 0 Å². The number of likely N-dealkylation sites (N-methyl/N-ethyl adjacent to an activating group) is 1. The molecule has 31 heavy (non-hydrogen) atoms. The first-order valence-corrected chi connectivity index (χ1v) is 10.6. The first-order chi connectivity index (χ1) is 15.0. The molecule has 2 rings (SSSR count). The van der Waals surface area contributed by atoms with E-state index in [-0.39, 0.29) is 6.61 Å². The van der Waals surface area contributed by atoms with Gasteiger partial charge in [-0.2, -0.15) is 0 Å². The number of ether oxygens (including phenoxy) is 2. The van der Waals surface area contributed by atoms with Crippen molar-refractivity contribution in [1.29, 1.82) is 0 Å². The summed E-state index contributed by atoms with van der Waals surface area (Å²) in [5.41, 5.74) is 3.16. The lowest BCUT2D eigenvalue weighted by atomic mass is 10.2. The number of aliphatic imine (C=N–C) groups is 1. The Hall–Kier alpha value is -3.12. The van der Waals surface area contributed by atoms with Gasteiger partial charge in [-0.1, -0.05) is 58.9 Å². The Kier molecular flexibility index (Phi) is 9.78. The minimum atomic E-state index is -0.435. The van der Waals surface area contributed by atoms with Gasteiger partial charge in [0, 0.05) is 24.3 Å². The summed E-state index contributed by atoms with van der Waals surface area (Å²) in [7, 11) is 3.35. The van der Waals surface area contributed by atoms with E-state index >= 15 is 0 Å². The van der Waals surface area contributed by atoms with Crippen LogP contribution < -0.4 is 9.64 Å². The SMILES string of the molecule is C=C(/C=C\C(Br)=C/C)CN(C)c1ccccc1N=CCOc1ccccc1C(=O)OC. The minimum Gasteiger partial charge on any atom is -0.487 e. The average molecular weight is 483 g/mol. The van der Waals surface area contributed by atoms with Crippen molar-refractivity contribution in [2.45, 2.75) is 6.92 Å². The predicted octanol–water partition coefficient (Wildman–Crippen LogP) is 6.10. The molecule has 2 aromatic carbocycles. The second-order valence-electron chi connectivity index (χ2n) is 6.62. The van der Waals surface area contributed by atoms with Gasteiger partial charge in [0.25, 0.3) is 0 Å². The fourth-order valence-electron chi connectivity index (χ4n) is 2.77. The number of carbonyl (C=O) groups excluding carboxylic acids is 1. The summed E-state index contributed by atoms with van der Waals surface area (Å²) in [5.74, 6) is 0.0248. The van der Waals surface area contributed by atoms with Crippen LogP contribution in [0.25, 0.3) is 0 Å². The Balaban J connectivity index is 2.04. The summed E-state index contributed by atoms with van der Waals surface area (Å²) in [6.07, 6.45) is 7.62. The van der Waals surface area contributed by atoms with E-state index in [1.54, 1.807) is 30.5 Å². The molecule has 6 heteroatoms. The summed E-state index contributed by atoms with van der Waals surface area (Å²) in [6, 6.07) is 14.8. The number of methoxy groups -OCH3 is 1. The molecule has 0 spiro atoms. The van der Waals surface area contributed by atoms with Crippen molar-refractivity contribution in [2.75, 3.05) is 32.2 Å². The number of anilines is 1. The number of rotatable bonds is 10. The molecule has 2 aromatic rings. The number of esters is 1. The van der Waals surface area contributed by atoms with Crippen LogP contribution in [0, 0.1) is 0 Å². The zero-order valence-electron chi connectivity index (χ0n) is 18.0. The molecule has 0 aromatic heterocycles. The molecular formula is C25H27BrN2O3. The van der Waals surface area contributed by atoms with Crippen LogP contribution in [-0.4, -0.2) is 39.5 Å². The molecule has 0 unspecified atom stereocenters. The Bertz CT molecular complexity index is 996. The van der Waals surface area contributed by atoms with E-state index in [9.17, 15) is 4.79 Å². The van der Waals surface area contributed by atoms with Gasteiger partial charge in [-0.05, 0) is 42.8 Å². The number of carbonyl (C=O) groups is 1. The van der Waals surface area contributed by atoms with Gasteiger partial charge < -0.3 is 14.4 Å². The standard InChI is InChI=1S/C25H27BrN2O3/c1-5-20(26)15-14-19(2)18-28(3)23-12-8-7-11-22(23)27-16-17-31-24-13-9-6-10-21(24)25(29)30-4/h5-16H,2,17-18H2,1,3-4H3/b15-14-,20-5+,27-16?. The van der Waals surface area contributed by atoms with Crippen molar-refractivity contribution in [2.24, 2.45) is 4.99 Å². The monoisotopic (exact) mass is 482 g/mol. The van der Waals surface area contributed by atoms with E-state index in [1.807, 2.05) is 56.5 Å². The molecule has 0 saturated heterocycles. The van der Waals surface area contributed by atoms with Gasteiger partial charge in [-0.15, -0.1) is 0 Å². The molecule has 0 aliphatic rings. The van der Waals surface area contributed by atoms with Crippen LogP contribution in [0.5, 0.6) is 5.75 Å². The Morgan fingerprint density at radius 1 is 1.16 bits per heavy atom. The van der Waals surface area contributed by atoms with E-state index in [1.165, 1.54) is 7.11 Å². The predicted molar refractivity (Wildman–Crippen MR) is 132 cm³/mol. The lowest BCUT2D eigenvalue weighted by Crippen LogP contribution is -2.19. The Morgan fingerprint density at radius 2 is 1.87 bits per heavy atom. The molecule has 162 valence electrons. The van der Waals surface area contributed by atoms with Crippen LogP contribution in [0.4, 0.5) is 11.4 Å². The van der Waals surface area contributed by atoms with E-state index in [0.717, 1.165) is 21.4 Å². The largest absolute Gasteiger partial charge is 0.487 e. The second-order valence-corrected chi connectivity index (χ2v) is 7.54. The van der Waals surface area contributed by atoms with Crippen LogP contribution in [0.15, 0.2) is 88.4 Å². The molecule has 0 atom stereocenters. The van der Waals surface area contributed by atoms with Gasteiger partial charge >= 0.3 is 5.97 Å². The van der Waals surface area contributed by atoms with Gasteiger partial charge in [-0.3, -0.25) is 4.99 Å². The molecule has 0 fully saturated rings. The van der Waals surface area contributed by atoms with Crippen molar-refractivity contribution < 1.29 is 14.3 Å². The molecule has 0 aliphatic heterocycles. The number of benzene rings is 2. The Labute approximate surface area is 192 Å². The second kappa shape index (κ2) is 12.5. The quantitative estimate of drug-likeness (QED) is 0.233. The summed E-state index contributed by atoms with van der Waals surface area (Å²) in [4.78, 5) is 18.5. The van der Waals surface area contributed by atoms with Gasteiger partial charge in [0.15, 0.2) is 0 Å². The minimum absolute atomic E-state index is 0.221. The number of allylic oxidation sites excluding steroid dienone is 3. The van der Waals surface area contributed by atoms with E-state index in [2.05, 4.69) is 32.4 Å². The molecule has 0 N–H and O–H groups in total. The first-order valence-electron chi connectivity index (χ1n) is 9.76. The molecule has 0 heterocycles. The normalized spacial score (nSPS) is 11.7. The fourth-order valence-corrected chi connectivity index (χ4v) is 2.90. The molecule has 0 saturated carbocycles. The number of nitrogens with zero attached hydrogens (tertiary/aromatic N) is 2. The molecule has 0 radical (unpaired) electrons. The Morgan fingerprint density at radius 3 is 2.61 bits per heavy atom. The third-order valence-corrected chi connectivity index (χ3v) is 5.05. The van der Waals surface area contributed by atoms with Gasteiger partial charge in [-0.25, -0.2) is 4.79 Å². The lowest BCUT2D eigenvalue weighted by molar-refractivity contribution is 0.0596. The zero-order valence-corrected chi connectivity index (χ0v) is 19.6. The molecule has 0 bridgehead atoms. The summed E-state index contributed by atoms with van der Waals surface area (Å²) in [5, 5.41) is 0. The number of hydrogen-bond acceptors (Lipinski definition) is 5. The maximum Gasteiger partial charge on any atom is 0.341 e. The average Bonchev–Trinajstić information content (AvgIpc) is 2.80. The van der Waals surface area contributed by atoms with Crippen LogP contribution in [-0.2, 0) is 4.74 Å². The smallest absolute Gasteiger partial charge is 0.341 e. The topological polar surface area (TPSA) is 51.1 Å². The van der Waals surface area contributed by atoms with Crippen molar-refractivity contribution >= 4 is 39.5 Å². The van der Waals surface area contributed by atoms with Crippen LogP contribution in [0.2, 0.25) is 0 Å². The third kappa shape index (κ3) is 7.57. The van der Waals surface area contributed by atoms with Crippen LogP contribution in [0.3, 0.4) is 0 Å². The van der Waals surface area contributed by atoms with E-state index < -0.39 is 5.97 Å². The maximum absolute atomic E-state index is 11.8. The van der Waals surface area contributed by atoms with Crippen LogP contribution in [0.1, 0.15) is 17.3 Å². The fraction of sp³-hybridized carbons (Fsp3) is 0.200. The summed E-state index contributed by atoms with van der Waals surface area (Å²) in [6.45, 7) is 6.97. The number of hydrogen-bond donors (Lipinski definition) is 0. The van der Waals surface area contributed by atoms with Gasteiger partial charge in [0.2, 0.25) is 0 Å². The van der Waals surface area contributed by atoms with Crippen molar-refractivity contribution in [3.8, 4) is 5.75 Å². The molecule has 5 nitrogen and oxygen atoms in total.